The maximum Gasteiger partial charge on any atom is 0.306 e. The van der Waals surface area contributed by atoms with E-state index in [9.17, 15) is 14.4 Å². The summed E-state index contributed by atoms with van der Waals surface area (Å²) in [6, 6.07) is 6.11. The number of H-pyrrole nitrogens is 1. The molecule has 150 valence electrons. The number of nitrogens with zero attached hydrogens (tertiary/aromatic N) is 2. The Balaban J connectivity index is 1.50. The lowest BCUT2D eigenvalue weighted by Crippen LogP contribution is -2.45. The van der Waals surface area contributed by atoms with Crippen LogP contribution in [0.25, 0.3) is 10.9 Å². The lowest BCUT2D eigenvalue weighted by Gasteiger charge is -2.31. The van der Waals surface area contributed by atoms with Gasteiger partial charge in [0.2, 0.25) is 11.8 Å². The van der Waals surface area contributed by atoms with Gasteiger partial charge < -0.3 is 19.9 Å². The summed E-state index contributed by atoms with van der Waals surface area (Å²) in [5.41, 5.74) is 3.37. The fourth-order valence-electron chi connectivity index (χ4n) is 3.77. The lowest BCUT2D eigenvalue weighted by molar-refractivity contribution is -0.146. The monoisotopic (exact) mass is 385 g/mol. The first-order valence-electron chi connectivity index (χ1n) is 9.67. The number of hydrogen-bond acceptors (Lipinski definition) is 3. The van der Waals surface area contributed by atoms with Crippen molar-refractivity contribution in [2.75, 3.05) is 26.7 Å². The summed E-state index contributed by atoms with van der Waals surface area (Å²) in [6.07, 6.45) is 3.84. The first-order valence-corrected chi connectivity index (χ1v) is 9.67. The van der Waals surface area contributed by atoms with E-state index in [0.29, 0.717) is 38.8 Å². The molecule has 1 fully saturated rings. The SMILES string of the molecule is Cc1cccc2c(CCC(=O)N(C)CC(=O)N3CCC(C(=O)O)CC3)c[nH]c12. The Kier molecular flexibility index (Phi) is 6.02. The lowest BCUT2D eigenvalue weighted by atomic mass is 9.97. The molecule has 7 heteroatoms. The molecule has 7 nitrogen and oxygen atoms in total. The number of fused-ring (bicyclic) bond motifs is 1. The van der Waals surface area contributed by atoms with Crippen molar-refractivity contribution in [2.24, 2.45) is 5.92 Å². The molecule has 0 radical (unpaired) electrons. The van der Waals surface area contributed by atoms with Crippen molar-refractivity contribution in [3.8, 4) is 0 Å². The number of amides is 2. The standard InChI is InChI=1S/C21H27N3O4/c1-14-4-3-5-17-16(12-22-20(14)17)6-7-18(25)23(2)13-19(26)24-10-8-15(9-11-24)21(27)28/h3-5,12,15,22H,6-11,13H2,1-2H3,(H,27,28). The normalized spacial score (nSPS) is 15.0. The zero-order valence-corrected chi connectivity index (χ0v) is 16.4. The second kappa shape index (κ2) is 8.46. The summed E-state index contributed by atoms with van der Waals surface area (Å²) >= 11 is 0. The molecular formula is C21H27N3O4. The molecule has 2 heterocycles. The van der Waals surface area contributed by atoms with Crippen LogP contribution in [-0.4, -0.2) is 64.4 Å². The third-order valence-electron chi connectivity index (χ3n) is 5.61. The largest absolute Gasteiger partial charge is 0.481 e. The Bertz CT molecular complexity index is 881. The number of carboxylic acid groups (broad SMARTS) is 1. The molecule has 28 heavy (non-hydrogen) atoms. The maximum absolute atomic E-state index is 12.5. The van der Waals surface area contributed by atoms with Crippen molar-refractivity contribution in [2.45, 2.75) is 32.6 Å². The number of likely N-dealkylation sites (N-methyl/N-ethyl adjacent to an activating group) is 1. The van der Waals surface area contributed by atoms with Crippen LogP contribution in [0.4, 0.5) is 0 Å². The molecule has 0 saturated carbocycles. The maximum atomic E-state index is 12.5. The van der Waals surface area contributed by atoms with Gasteiger partial charge in [-0.2, -0.15) is 0 Å². The first kappa shape index (κ1) is 19.9. The van der Waals surface area contributed by atoms with Crippen molar-refractivity contribution >= 4 is 28.7 Å². The van der Waals surface area contributed by atoms with Gasteiger partial charge in [-0.1, -0.05) is 18.2 Å². The molecule has 2 aromatic rings. The van der Waals surface area contributed by atoms with Crippen molar-refractivity contribution in [3.63, 3.8) is 0 Å². The van der Waals surface area contributed by atoms with E-state index < -0.39 is 5.97 Å². The van der Waals surface area contributed by atoms with Crippen LogP contribution in [0.1, 0.15) is 30.4 Å². The minimum absolute atomic E-state index is 0.0313. The van der Waals surface area contributed by atoms with Crippen LogP contribution < -0.4 is 0 Å². The van der Waals surface area contributed by atoms with E-state index in [0.717, 1.165) is 16.5 Å². The van der Waals surface area contributed by atoms with Crippen LogP contribution in [0, 0.1) is 12.8 Å². The highest BCUT2D eigenvalue weighted by atomic mass is 16.4. The van der Waals surface area contributed by atoms with Gasteiger partial charge in [0, 0.05) is 43.7 Å². The molecule has 0 unspecified atom stereocenters. The molecule has 1 aliphatic heterocycles. The van der Waals surface area contributed by atoms with Gasteiger partial charge in [0.05, 0.1) is 12.5 Å². The van der Waals surface area contributed by atoms with Gasteiger partial charge in [0.25, 0.3) is 0 Å². The molecule has 1 aliphatic rings. The Hall–Kier alpha value is -2.83. The van der Waals surface area contributed by atoms with Gasteiger partial charge in [-0.25, -0.2) is 0 Å². The number of likely N-dealkylation sites (tertiary alicyclic amines) is 1. The van der Waals surface area contributed by atoms with Crippen LogP contribution in [0.15, 0.2) is 24.4 Å². The average Bonchev–Trinajstić information content (AvgIpc) is 3.10. The third-order valence-corrected chi connectivity index (χ3v) is 5.61. The number of para-hydroxylation sites is 1. The molecule has 1 aromatic carbocycles. The van der Waals surface area contributed by atoms with Crippen molar-refractivity contribution in [1.29, 1.82) is 0 Å². The van der Waals surface area contributed by atoms with Gasteiger partial charge in [-0.05, 0) is 37.3 Å². The Morgan fingerprint density at radius 2 is 1.96 bits per heavy atom. The molecule has 0 bridgehead atoms. The Labute approximate surface area is 164 Å². The topological polar surface area (TPSA) is 93.7 Å². The molecule has 1 saturated heterocycles. The van der Waals surface area contributed by atoms with Crippen LogP contribution >= 0.6 is 0 Å². The van der Waals surface area contributed by atoms with E-state index >= 15 is 0 Å². The summed E-state index contributed by atoms with van der Waals surface area (Å²) in [5.74, 6) is -1.37. The number of piperidine rings is 1. The third kappa shape index (κ3) is 4.35. The number of nitrogens with one attached hydrogen (secondary N) is 1. The number of benzene rings is 1. The molecule has 3 rings (SSSR count). The highest BCUT2D eigenvalue weighted by Gasteiger charge is 2.27. The highest BCUT2D eigenvalue weighted by Crippen LogP contribution is 2.22. The van der Waals surface area contributed by atoms with Crippen molar-refractivity contribution in [3.05, 3.63) is 35.5 Å². The molecule has 0 atom stereocenters. The average molecular weight is 385 g/mol. The number of aromatic nitrogens is 1. The molecule has 2 amide bonds. The number of hydrogen-bond donors (Lipinski definition) is 2. The van der Waals surface area contributed by atoms with Gasteiger partial charge in [-0.15, -0.1) is 0 Å². The number of rotatable bonds is 6. The van der Waals surface area contributed by atoms with E-state index in [1.807, 2.05) is 31.3 Å². The number of carboxylic acids is 1. The minimum Gasteiger partial charge on any atom is -0.481 e. The molecular weight excluding hydrogens is 358 g/mol. The zero-order valence-electron chi connectivity index (χ0n) is 16.4. The first-order chi connectivity index (χ1) is 13.4. The van der Waals surface area contributed by atoms with Gasteiger partial charge in [0.15, 0.2) is 0 Å². The Morgan fingerprint density at radius 3 is 2.64 bits per heavy atom. The van der Waals surface area contributed by atoms with E-state index in [1.54, 1.807) is 11.9 Å². The molecule has 0 spiro atoms. The predicted molar refractivity (Wildman–Crippen MR) is 106 cm³/mol. The van der Waals surface area contributed by atoms with Gasteiger partial charge in [0.1, 0.15) is 0 Å². The van der Waals surface area contributed by atoms with Crippen LogP contribution in [0.3, 0.4) is 0 Å². The summed E-state index contributed by atoms with van der Waals surface area (Å²) in [5, 5.41) is 10.2. The highest BCUT2D eigenvalue weighted by molar-refractivity contribution is 5.87. The van der Waals surface area contributed by atoms with Crippen molar-refractivity contribution in [1.82, 2.24) is 14.8 Å². The van der Waals surface area contributed by atoms with Gasteiger partial charge in [-0.3, -0.25) is 14.4 Å². The van der Waals surface area contributed by atoms with E-state index in [-0.39, 0.29) is 24.3 Å². The van der Waals surface area contributed by atoms with Crippen LogP contribution in [0.5, 0.6) is 0 Å². The Morgan fingerprint density at radius 1 is 1.25 bits per heavy atom. The number of aryl methyl sites for hydroxylation is 2. The number of aliphatic carboxylic acids is 1. The van der Waals surface area contributed by atoms with Gasteiger partial charge >= 0.3 is 5.97 Å². The second-order valence-electron chi connectivity index (χ2n) is 7.55. The summed E-state index contributed by atoms with van der Waals surface area (Å²) in [6.45, 7) is 2.95. The summed E-state index contributed by atoms with van der Waals surface area (Å²) in [4.78, 5) is 42.3. The zero-order chi connectivity index (χ0) is 20.3. The minimum atomic E-state index is -0.799. The summed E-state index contributed by atoms with van der Waals surface area (Å²) < 4.78 is 0. The van der Waals surface area contributed by atoms with Crippen LogP contribution in [-0.2, 0) is 20.8 Å². The van der Waals surface area contributed by atoms with E-state index in [2.05, 4.69) is 4.98 Å². The number of carbonyl (C=O) groups is 3. The van der Waals surface area contributed by atoms with E-state index in [4.69, 9.17) is 5.11 Å². The van der Waals surface area contributed by atoms with Crippen molar-refractivity contribution < 1.29 is 19.5 Å². The fourth-order valence-corrected chi connectivity index (χ4v) is 3.77. The molecule has 0 aliphatic carbocycles. The number of aromatic amines is 1. The second-order valence-corrected chi connectivity index (χ2v) is 7.55. The smallest absolute Gasteiger partial charge is 0.306 e. The molecule has 2 N–H and O–H groups in total. The summed E-state index contributed by atoms with van der Waals surface area (Å²) in [7, 11) is 1.64. The number of carbonyl (C=O) groups excluding carboxylic acids is 2. The predicted octanol–water partition coefficient (Wildman–Crippen LogP) is 2.19. The fraction of sp³-hybridized carbons (Fsp3) is 0.476. The van der Waals surface area contributed by atoms with Crippen LogP contribution in [0.2, 0.25) is 0 Å². The van der Waals surface area contributed by atoms with E-state index in [1.165, 1.54) is 10.5 Å². The molecule has 1 aromatic heterocycles. The quantitative estimate of drug-likeness (QED) is 0.797.